The maximum absolute atomic E-state index is 12.4. The first-order chi connectivity index (χ1) is 8.45. The molecule has 2 rings (SSSR count). The molecule has 1 aromatic rings. The molecule has 1 fully saturated rings. The van der Waals surface area contributed by atoms with E-state index < -0.39 is 10.0 Å². The monoisotopic (exact) mass is 273 g/mol. The summed E-state index contributed by atoms with van der Waals surface area (Å²) < 4.78 is 31.6. The molecule has 18 heavy (non-hydrogen) atoms. The van der Waals surface area contributed by atoms with Gasteiger partial charge in [-0.1, -0.05) is 0 Å². The number of rotatable bonds is 3. The molecule has 1 unspecified atom stereocenters. The molecule has 2 heterocycles. The van der Waals surface area contributed by atoms with Crippen LogP contribution in [0, 0.1) is 0 Å². The standard InChI is InChI=1S/C11H19N3O3S/c1-9-8-13(2)5-6-14(9)18(15,16)11-4-3-10(7-12)17-11/h3-4,9H,5-8,12H2,1-2H3. The fourth-order valence-corrected chi connectivity index (χ4v) is 3.75. The number of furan rings is 1. The minimum atomic E-state index is -3.54. The molecule has 1 aromatic heterocycles. The lowest BCUT2D eigenvalue weighted by atomic mass is 10.2. The largest absolute Gasteiger partial charge is 0.447 e. The number of likely N-dealkylation sites (N-methyl/N-ethyl adjacent to an activating group) is 1. The first-order valence-electron chi connectivity index (χ1n) is 5.94. The molecular formula is C11H19N3O3S. The smallest absolute Gasteiger partial charge is 0.276 e. The zero-order chi connectivity index (χ0) is 13.3. The molecule has 0 radical (unpaired) electrons. The summed E-state index contributed by atoms with van der Waals surface area (Å²) >= 11 is 0. The van der Waals surface area contributed by atoms with Crippen molar-refractivity contribution in [2.75, 3.05) is 26.7 Å². The molecule has 7 heteroatoms. The van der Waals surface area contributed by atoms with Gasteiger partial charge in [-0.25, -0.2) is 8.42 Å². The molecule has 0 saturated carbocycles. The minimum Gasteiger partial charge on any atom is -0.447 e. The van der Waals surface area contributed by atoms with Crippen LogP contribution in [0.3, 0.4) is 0 Å². The highest BCUT2D eigenvalue weighted by Crippen LogP contribution is 2.22. The Morgan fingerprint density at radius 3 is 2.72 bits per heavy atom. The second-order valence-corrected chi connectivity index (χ2v) is 6.47. The van der Waals surface area contributed by atoms with Gasteiger partial charge >= 0.3 is 0 Å². The summed E-state index contributed by atoms with van der Waals surface area (Å²) in [6.07, 6.45) is 0. The molecule has 0 aliphatic carbocycles. The quantitative estimate of drug-likeness (QED) is 0.842. The average Bonchev–Trinajstić information content (AvgIpc) is 2.77. The Morgan fingerprint density at radius 1 is 1.44 bits per heavy atom. The van der Waals surface area contributed by atoms with Crippen molar-refractivity contribution in [1.29, 1.82) is 0 Å². The Labute approximate surface area is 107 Å². The van der Waals surface area contributed by atoms with E-state index in [-0.39, 0.29) is 17.7 Å². The van der Waals surface area contributed by atoms with Crippen molar-refractivity contribution < 1.29 is 12.8 Å². The summed E-state index contributed by atoms with van der Waals surface area (Å²) in [5.41, 5.74) is 5.42. The number of hydrogen-bond acceptors (Lipinski definition) is 5. The maximum Gasteiger partial charge on any atom is 0.276 e. The Bertz CT molecular complexity index is 511. The van der Waals surface area contributed by atoms with E-state index in [4.69, 9.17) is 10.2 Å². The van der Waals surface area contributed by atoms with Crippen molar-refractivity contribution in [2.24, 2.45) is 5.73 Å². The van der Waals surface area contributed by atoms with Crippen molar-refractivity contribution in [3.05, 3.63) is 17.9 Å². The highest BCUT2D eigenvalue weighted by molar-refractivity contribution is 7.89. The van der Waals surface area contributed by atoms with Crippen molar-refractivity contribution in [3.8, 4) is 0 Å². The molecule has 1 aliphatic heterocycles. The first kappa shape index (κ1) is 13.5. The van der Waals surface area contributed by atoms with Gasteiger partial charge in [-0.3, -0.25) is 0 Å². The summed E-state index contributed by atoms with van der Waals surface area (Å²) in [5, 5.41) is -0.0145. The third-order valence-corrected chi connectivity index (χ3v) is 5.06. The van der Waals surface area contributed by atoms with Gasteiger partial charge in [-0.2, -0.15) is 4.31 Å². The minimum absolute atomic E-state index is 0.0145. The fraction of sp³-hybridized carbons (Fsp3) is 0.636. The van der Waals surface area contributed by atoms with Crippen LogP contribution >= 0.6 is 0 Å². The molecule has 2 N–H and O–H groups in total. The third-order valence-electron chi connectivity index (χ3n) is 3.17. The lowest BCUT2D eigenvalue weighted by Gasteiger charge is -2.36. The van der Waals surface area contributed by atoms with Crippen LogP contribution in [-0.4, -0.2) is 50.3 Å². The average molecular weight is 273 g/mol. The third kappa shape index (κ3) is 2.44. The number of piperazine rings is 1. The van der Waals surface area contributed by atoms with Crippen LogP contribution in [0.1, 0.15) is 12.7 Å². The normalized spacial score (nSPS) is 23.4. The molecule has 0 spiro atoms. The lowest BCUT2D eigenvalue weighted by Crippen LogP contribution is -2.52. The summed E-state index contributed by atoms with van der Waals surface area (Å²) in [6, 6.07) is 3.02. The Kier molecular flexibility index (Phi) is 3.76. The van der Waals surface area contributed by atoms with E-state index in [0.29, 0.717) is 12.3 Å². The van der Waals surface area contributed by atoms with Crippen LogP contribution in [0.5, 0.6) is 0 Å². The van der Waals surface area contributed by atoms with E-state index in [1.807, 2.05) is 14.0 Å². The second-order valence-electron chi connectivity index (χ2n) is 4.65. The van der Waals surface area contributed by atoms with Crippen molar-refractivity contribution in [2.45, 2.75) is 24.6 Å². The molecule has 0 bridgehead atoms. The van der Waals surface area contributed by atoms with E-state index >= 15 is 0 Å². The van der Waals surface area contributed by atoms with Gasteiger partial charge in [-0.05, 0) is 26.1 Å². The topological polar surface area (TPSA) is 79.8 Å². The van der Waals surface area contributed by atoms with Crippen LogP contribution in [-0.2, 0) is 16.6 Å². The van der Waals surface area contributed by atoms with Crippen LogP contribution < -0.4 is 5.73 Å². The number of nitrogens with two attached hydrogens (primary N) is 1. The van der Waals surface area contributed by atoms with Gasteiger partial charge in [0, 0.05) is 25.7 Å². The maximum atomic E-state index is 12.4. The predicted molar refractivity (Wildman–Crippen MR) is 67.5 cm³/mol. The van der Waals surface area contributed by atoms with Gasteiger partial charge in [0.25, 0.3) is 10.0 Å². The predicted octanol–water partition coefficient (Wildman–Crippen LogP) is 0.0629. The fourth-order valence-electron chi connectivity index (χ4n) is 2.20. The molecule has 1 aliphatic rings. The van der Waals surface area contributed by atoms with Crippen LogP contribution in [0.15, 0.2) is 21.6 Å². The Hall–Kier alpha value is -0.890. The number of nitrogens with zero attached hydrogens (tertiary/aromatic N) is 2. The molecule has 1 saturated heterocycles. The van der Waals surface area contributed by atoms with Crippen molar-refractivity contribution in [3.63, 3.8) is 0 Å². The van der Waals surface area contributed by atoms with Crippen LogP contribution in [0.25, 0.3) is 0 Å². The number of sulfonamides is 1. The van der Waals surface area contributed by atoms with Crippen molar-refractivity contribution in [1.82, 2.24) is 9.21 Å². The molecule has 6 nitrogen and oxygen atoms in total. The van der Waals surface area contributed by atoms with Gasteiger partial charge in [-0.15, -0.1) is 0 Å². The summed E-state index contributed by atoms with van der Waals surface area (Å²) in [7, 11) is -1.55. The summed E-state index contributed by atoms with van der Waals surface area (Å²) in [4.78, 5) is 2.12. The van der Waals surface area contributed by atoms with E-state index in [0.717, 1.165) is 13.1 Å². The Morgan fingerprint density at radius 2 is 2.17 bits per heavy atom. The highest BCUT2D eigenvalue weighted by atomic mass is 32.2. The van der Waals surface area contributed by atoms with Gasteiger partial charge in [0.15, 0.2) is 0 Å². The van der Waals surface area contributed by atoms with Gasteiger partial charge in [0.05, 0.1) is 6.54 Å². The van der Waals surface area contributed by atoms with E-state index in [1.54, 1.807) is 6.07 Å². The molecule has 102 valence electrons. The van der Waals surface area contributed by atoms with E-state index in [2.05, 4.69) is 4.90 Å². The molecule has 0 amide bonds. The van der Waals surface area contributed by atoms with Crippen LogP contribution in [0.4, 0.5) is 0 Å². The molecule has 1 atom stereocenters. The SMILES string of the molecule is CC1CN(C)CCN1S(=O)(=O)c1ccc(CN)o1. The molecular weight excluding hydrogens is 254 g/mol. The second kappa shape index (κ2) is 5.00. The highest BCUT2D eigenvalue weighted by Gasteiger charge is 2.34. The van der Waals surface area contributed by atoms with E-state index in [1.165, 1.54) is 10.4 Å². The summed E-state index contributed by atoms with van der Waals surface area (Å²) in [6.45, 7) is 4.05. The van der Waals surface area contributed by atoms with Crippen LogP contribution in [0.2, 0.25) is 0 Å². The van der Waals surface area contributed by atoms with Gasteiger partial charge in [0.2, 0.25) is 5.09 Å². The van der Waals surface area contributed by atoms with Gasteiger partial charge in [0.1, 0.15) is 5.76 Å². The lowest BCUT2D eigenvalue weighted by molar-refractivity contribution is 0.168. The van der Waals surface area contributed by atoms with Crippen molar-refractivity contribution >= 4 is 10.0 Å². The molecule has 0 aromatic carbocycles. The van der Waals surface area contributed by atoms with Gasteiger partial charge < -0.3 is 15.1 Å². The van der Waals surface area contributed by atoms with E-state index in [9.17, 15) is 8.42 Å². The zero-order valence-electron chi connectivity index (χ0n) is 10.7. The number of hydrogen-bond donors (Lipinski definition) is 1. The first-order valence-corrected chi connectivity index (χ1v) is 7.38. The Balaban J connectivity index is 2.25. The zero-order valence-corrected chi connectivity index (χ0v) is 11.5. The summed E-state index contributed by atoms with van der Waals surface area (Å²) in [5.74, 6) is 0.482.